The Labute approximate surface area is 118 Å². The summed E-state index contributed by atoms with van der Waals surface area (Å²) in [6.07, 6.45) is 5.43. The van der Waals surface area contributed by atoms with Crippen LogP contribution >= 0.6 is 0 Å². The summed E-state index contributed by atoms with van der Waals surface area (Å²) in [6.45, 7) is 2.17. The smallest absolute Gasteiger partial charge is 0.232 e. The standard InChI is InChI=1S/C18H17N2/c1-13-6-3-4-8-15(13)18-19(2)10-11-20(18)17-9-5-7-14-12-16(14)17/h3-11H,12H2,1-2H3/q+1. The van der Waals surface area contributed by atoms with Gasteiger partial charge in [0.2, 0.25) is 0 Å². The van der Waals surface area contributed by atoms with Crippen LogP contribution in [0.3, 0.4) is 0 Å². The first-order chi connectivity index (χ1) is 9.75. The second-order valence-corrected chi connectivity index (χ2v) is 5.51. The molecule has 1 aromatic heterocycles. The number of aromatic nitrogens is 2. The summed E-state index contributed by atoms with van der Waals surface area (Å²) >= 11 is 0. The van der Waals surface area contributed by atoms with Crippen LogP contribution < -0.4 is 4.57 Å². The lowest BCUT2D eigenvalue weighted by molar-refractivity contribution is -0.659. The molecule has 0 radical (unpaired) electrons. The Balaban J connectivity index is 1.97. The van der Waals surface area contributed by atoms with Crippen LogP contribution in [0.4, 0.5) is 0 Å². The predicted octanol–water partition coefficient (Wildman–Crippen LogP) is 3.18. The Morgan fingerprint density at radius 1 is 1.05 bits per heavy atom. The van der Waals surface area contributed by atoms with Crippen LogP contribution in [-0.2, 0) is 13.5 Å². The van der Waals surface area contributed by atoms with Crippen LogP contribution in [0, 0.1) is 6.92 Å². The molecule has 2 aromatic carbocycles. The van der Waals surface area contributed by atoms with Gasteiger partial charge in [0.05, 0.1) is 12.6 Å². The first-order valence-electron chi connectivity index (χ1n) is 7.00. The fourth-order valence-corrected chi connectivity index (χ4v) is 2.96. The summed E-state index contributed by atoms with van der Waals surface area (Å²) < 4.78 is 4.51. The highest BCUT2D eigenvalue weighted by Crippen LogP contribution is 2.35. The van der Waals surface area contributed by atoms with Gasteiger partial charge < -0.3 is 0 Å². The van der Waals surface area contributed by atoms with E-state index in [4.69, 9.17) is 0 Å². The molecule has 1 aliphatic rings. The number of fused-ring (bicyclic) bond motifs is 1. The van der Waals surface area contributed by atoms with Crippen molar-refractivity contribution in [2.45, 2.75) is 13.3 Å². The predicted molar refractivity (Wildman–Crippen MR) is 79.9 cm³/mol. The molecule has 0 amide bonds. The van der Waals surface area contributed by atoms with Gasteiger partial charge in [-0.05, 0) is 30.2 Å². The van der Waals surface area contributed by atoms with Gasteiger partial charge in [-0.25, -0.2) is 4.57 Å². The molecule has 0 atom stereocenters. The first-order valence-corrected chi connectivity index (χ1v) is 7.00. The third kappa shape index (κ3) is 1.61. The van der Waals surface area contributed by atoms with Gasteiger partial charge in [0.25, 0.3) is 5.82 Å². The Bertz CT molecular complexity index is 812. The lowest BCUT2D eigenvalue weighted by Crippen LogP contribution is -2.29. The van der Waals surface area contributed by atoms with Crippen molar-refractivity contribution in [1.29, 1.82) is 0 Å². The van der Waals surface area contributed by atoms with E-state index < -0.39 is 0 Å². The van der Waals surface area contributed by atoms with Gasteiger partial charge >= 0.3 is 0 Å². The number of hydrogen-bond donors (Lipinski definition) is 0. The quantitative estimate of drug-likeness (QED) is 0.490. The van der Waals surface area contributed by atoms with E-state index in [-0.39, 0.29) is 0 Å². The van der Waals surface area contributed by atoms with Gasteiger partial charge in [0.15, 0.2) is 0 Å². The minimum absolute atomic E-state index is 1.14. The molecular formula is C18H17N2+. The molecule has 0 saturated heterocycles. The highest BCUT2D eigenvalue weighted by molar-refractivity contribution is 5.64. The fourth-order valence-electron chi connectivity index (χ4n) is 2.96. The molecule has 98 valence electrons. The first kappa shape index (κ1) is 11.5. The van der Waals surface area contributed by atoms with Crippen LogP contribution in [0.25, 0.3) is 17.1 Å². The van der Waals surface area contributed by atoms with E-state index in [0.717, 1.165) is 6.42 Å². The average Bonchev–Trinajstić information content (AvgIpc) is 3.16. The lowest BCUT2D eigenvalue weighted by atomic mass is 10.1. The molecule has 20 heavy (non-hydrogen) atoms. The van der Waals surface area contributed by atoms with E-state index in [1.54, 1.807) is 0 Å². The topological polar surface area (TPSA) is 8.81 Å². The summed E-state index contributed by atoms with van der Waals surface area (Å²) in [6, 6.07) is 15.2. The maximum absolute atomic E-state index is 2.31. The molecule has 0 fully saturated rings. The number of aryl methyl sites for hydroxylation is 2. The summed E-state index contributed by atoms with van der Waals surface area (Å²) in [5.74, 6) is 1.24. The zero-order valence-corrected chi connectivity index (χ0v) is 11.8. The van der Waals surface area contributed by atoms with Crippen molar-refractivity contribution in [2.75, 3.05) is 0 Å². The summed E-state index contributed by atoms with van der Waals surface area (Å²) in [7, 11) is 2.11. The zero-order valence-electron chi connectivity index (χ0n) is 11.8. The minimum atomic E-state index is 1.14. The van der Waals surface area contributed by atoms with Gasteiger partial charge in [0, 0.05) is 12.0 Å². The largest absolute Gasteiger partial charge is 0.294 e. The van der Waals surface area contributed by atoms with Crippen molar-refractivity contribution in [1.82, 2.24) is 4.57 Å². The van der Waals surface area contributed by atoms with Crippen molar-refractivity contribution in [3.05, 3.63) is 71.5 Å². The van der Waals surface area contributed by atoms with Gasteiger partial charge in [-0.15, -0.1) is 0 Å². The second kappa shape index (κ2) is 4.07. The Morgan fingerprint density at radius 3 is 2.75 bits per heavy atom. The van der Waals surface area contributed by atoms with Crippen LogP contribution in [0.15, 0.2) is 54.9 Å². The van der Waals surface area contributed by atoms with E-state index >= 15 is 0 Å². The van der Waals surface area contributed by atoms with Gasteiger partial charge in [-0.2, -0.15) is 4.57 Å². The maximum Gasteiger partial charge on any atom is 0.294 e. The molecule has 0 unspecified atom stereocenters. The number of benzene rings is 2. The average molecular weight is 261 g/mol. The molecule has 1 aliphatic carbocycles. The maximum atomic E-state index is 2.31. The van der Waals surface area contributed by atoms with Crippen LogP contribution in [0.5, 0.6) is 0 Å². The van der Waals surface area contributed by atoms with Crippen molar-refractivity contribution in [2.24, 2.45) is 7.05 Å². The molecule has 3 aromatic rings. The molecule has 0 N–H and O–H groups in total. The number of imidazole rings is 1. The van der Waals surface area contributed by atoms with Crippen LogP contribution in [0.1, 0.15) is 16.7 Å². The number of nitrogens with zero attached hydrogens (tertiary/aromatic N) is 2. The van der Waals surface area contributed by atoms with Crippen molar-refractivity contribution in [3.63, 3.8) is 0 Å². The van der Waals surface area contributed by atoms with Crippen molar-refractivity contribution >= 4 is 0 Å². The van der Waals surface area contributed by atoms with E-state index in [1.165, 1.54) is 33.8 Å². The second-order valence-electron chi connectivity index (χ2n) is 5.51. The molecule has 0 spiro atoms. The van der Waals surface area contributed by atoms with Crippen LogP contribution in [0.2, 0.25) is 0 Å². The van der Waals surface area contributed by atoms with Gasteiger partial charge in [-0.3, -0.25) is 0 Å². The van der Waals surface area contributed by atoms with E-state index in [0.29, 0.717) is 0 Å². The Hall–Kier alpha value is -2.35. The summed E-state index contributed by atoms with van der Waals surface area (Å²) in [4.78, 5) is 0. The third-order valence-corrected chi connectivity index (χ3v) is 4.14. The number of rotatable bonds is 2. The highest BCUT2D eigenvalue weighted by atomic mass is 15.1. The summed E-state index contributed by atoms with van der Waals surface area (Å²) in [5, 5.41) is 0. The molecule has 4 rings (SSSR count). The van der Waals surface area contributed by atoms with Crippen molar-refractivity contribution < 1.29 is 4.57 Å². The SMILES string of the molecule is Cc1ccccc1-c1n(-c2cccc3c2C3)cc[n+]1C. The zero-order chi connectivity index (χ0) is 13.7. The minimum Gasteiger partial charge on any atom is -0.232 e. The van der Waals surface area contributed by atoms with Crippen molar-refractivity contribution in [3.8, 4) is 17.1 Å². The van der Waals surface area contributed by atoms with Gasteiger partial charge in [-0.1, -0.05) is 30.3 Å². The fraction of sp³-hybridized carbons (Fsp3) is 0.167. The molecule has 0 aliphatic heterocycles. The molecule has 2 heteroatoms. The normalized spacial score (nSPS) is 12.3. The number of hydrogen-bond acceptors (Lipinski definition) is 0. The molecule has 0 bridgehead atoms. The van der Waals surface area contributed by atoms with E-state index in [1.807, 2.05) is 0 Å². The third-order valence-electron chi connectivity index (χ3n) is 4.14. The van der Waals surface area contributed by atoms with E-state index in [9.17, 15) is 0 Å². The van der Waals surface area contributed by atoms with E-state index in [2.05, 4.69) is 78.0 Å². The molecular weight excluding hydrogens is 244 g/mol. The summed E-state index contributed by atoms with van der Waals surface area (Å²) in [5.41, 5.74) is 6.88. The monoisotopic (exact) mass is 261 g/mol. The molecule has 1 heterocycles. The van der Waals surface area contributed by atoms with Gasteiger partial charge in [0.1, 0.15) is 18.1 Å². The highest BCUT2D eigenvalue weighted by Gasteiger charge is 2.28. The molecule has 2 nitrogen and oxygen atoms in total. The Kier molecular flexibility index (Phi) is 2.34. The van der Waals surface area contributed by atoms with Crippen LogP contribution in [-0.4, -0.2) is 4.57 Å². The molecule has 0 saturated carbocycles. The lowest BCUT2D eigenvalue weighted by Gasteiger charge is -2.05. The Morgan fingerprint density at radius 2 is 1.90 bits per heavy atom.